The van der Waals surface area contributed by atoms with E-state index in [1.807, 2.05) is 59.5 Å². The molecule has 1 aliphatic heterocycles. The van der Waals surface area contributed by atoms with Crippen molar-refractivity contribution in [1.82, 2.24) is 0 Å². The lowest BCUT2D eigenvalue weighted by molar-refractivity contribution is 0.397. The number of fused-ring (bicyclic) bond motifs is 1. The van der Waals surface area contributed by atoms with Crippen LogP contribution in [0.1, 0.15) is 16.7 Å². The molecule has 40 heavy (non-hydrogen) atoms. The zero-order chi connectivity index (χ0) is 28.2. The zero-order valence-corrected chi connectivity index (χ0v) is 24.2. The Balaban J connectivity index is 1.47. The van der Waals surface area contributed by atoms with Gasteiger partial charge in [0.1, 0.15) is 22.4 Å². The molecule has 0 radical (unpaired) electrons. The van der Waals surface area contributed by atoms with Crippen LogP contribution in [0.25, 0.3) is 16.7 Å². The first-order valence-corrected chi connectivity index (χ1v) is 14.0. The summed E-state index contributed by atoms with van der Waals surface area (Å²) >= 11 is 8.42. The molecule has 0 amide bonds. The van der Waals surface area contributed by atoms with Crippen LogP contribution in [0.5, 0.6) is 17.2 Å². The van der Waals surface area contributed by atoms with Gasteiger partial charge in [0, 0.05) is 21.9 Å². The van der Waals surface area contributed by atoms with Gasteiger partial charge in [0.15, 0.2) is 0 Å². The number of hydrogen-bond donors (Lipinski definition) is 1. The molecule has 0 bridgehead atoms. The Labute approximate surface area is 244 Å². The lowest BCUT2D eigenvalue weighted by Crippen LogP contribution is -2.23. The smallest absolute Gasteiger partial charge is 0.130 e. The predicted octanol–water partition coefficient (Wildman–Crippen LogP) is 9.17. The molecule has 6 heteroatoms. The van der Waals surface area contributed by atoms with E-state index in [0.29, 0.717) is 11.7 Å². The molecule has 4 aromatic carbocycles. The molecule has 0 unspecified atom stereocenters. The molecule has 0 aliphatic carbocycles. The minimum Gasteiger partial charge on any atom is -0.508 e. The van der Waals surface area contributed by atoms with E-state index < -0.39 is 0 Å². The molecule has 5 rings (SSSR count). The Morgan fingerprint density at radius 1 is 0.950 bits per heavy atom. The minimum atomic E-state index is 0.198. The van der Waals surface area contributed by atoms with Gasteiger partial charge in [0.25, 0.3) is 0 Å². The largest absolute Gasteiger partial charge is 0.508 e. The van der Waals surface area contributed by atoms with Gasteiger partial charge in [-0.3, -0.25) is 0 Å². The summed E-state index contributed by atoms with van der Waals surface area (Å²) < 4.78 is 11.3. The van der Waals surface area contributed by atoms with E-state index in [4.69, 9.17) is 21.1 Å². The van der Waals surface area contributed by atoms with E-state index in [1.165, 1.54) is 0 Å². The van der Waals surface area contributed by atoms with Gasteiger partial charge < -0.3 is 19.5 Å². The van der Waals surface area contributed by atoms with Crippen molar-refractivity contribution < 1.29 is 14.6 Å². The van der Waals surface area contributed by atoms with Gasteiger partial charge in [-0.25, -0.2) is 0 Å². The summed E-state index contributed by atoms with van der Waals surface area (Å²) in [5, 5.41) is 10.9. The van der Waals surface area contributed by atoms with Crippen molar-refractivity contribution in [3.63, 3.8) is 0 Å². The second-order valence-corrected chi connectivity index (χ2v) is 11.0. The molecule has 1 N–H and O–H groups in total. The van der Waals surface area contributed by atoms with E-state index in [2.05, 4.69) is 43.8 Å². The number of aryl methyl sites for hydroxylation is 1. The molecular weight excluding hydrogens is 538 g/mol. The third-order valence-corrected chi connectivity index (χ3v) is 8.11. The first-order chi connectivity index (χ1) is 19.4. The van der Waals surface area contributed by atoms with Gasteiger partial charge in [0.2, 0.25) is 0 Å². The normalized spacial score (nSPS) is 13.6. The predicted molar refractivity (Wildman–Crippen MR) is 167 cm³/mol. The third-order valence-electron chi connectivity index (χ3n) is 6.76. The van der Waals surface area contributed by atoms with Crippen molar-refractivity contribution >= 4 is 34.6 Å². The molecule has 4 aromatic rings. The number of nitrogens with zero attached hydrogens (tertiary/aromatic N) is 1. The molecule has 202 valence electrons. The summed E-state index contributed by atoms with van der Waals surface area (Å²) in [5.41, 5.74) is 6.89. The molecule has 0 aromatic heterocycles. The molecule has 0 atom stereocenters. The molecule has 0 fully saturated rings. The SMILES string of the molecule is C=C(C=C1C=C(Cl)N(Cc2ccccc2)c2ccc(O)cc21)Sc1cc(-c2c(OC)cccc2OC)ccc1C. The van der Waals surface area contributed by atoms with Crippen LogP contribution < -0.4 is 14.4 Å². The number of hydrogen-bond acceptors (Lipinski definition) is 5. The van der Waals surface area contributed by atoms with Crippen LogP contribution >= 0.6 is 23.4 Å². The number of benzene rings is 4. The topological polar surface area (TPSA) is 41.9 Å². The number of methoxy groups -OCH3 is 2. The van der Waals surface area contributed by atoms with Gasteiger partial charge in [0.05, 0.1) is 25.5 Å². The molecule has 0 saturated heterocycles. The summed E-state index contributed by atoms with van der Waals surface area (Å²) in [5.74, 6) is 1.69. The van der Waals surface area contributed by atoms with Crippen molar-refractivity contribution in [3.05, 3.63) is 130 Å². The summed E-state index contributed by atoms with van der Waals surface area (Å²) in [6.45, 7) is 7.05. The average molecular weight is 568 g/mol. The molecule has 1 heterocycles. The van der Waals surface area contributed by atoms with E-state index >= 15 is 0 Å². The van der Waals surface area contributed by atoms with E-state index in [0.717, 1.165) is 60.4 Å². The van der Waals surface area contributed by atoms with E-state index in [9.17, 15) is 5.11 Å². The molecule has 1 aliphatic rings. The van der Waals surface area contributed by atoms with Crippen LogP contribution in [0.2, 0.25) is 0 Å². The minimum absolute atomic E-state index is 0.198. The Morgan fingerprint density at radius 3 is 2.38 bits per heavy atom. The summed E-state index contributed by atoms with van der Waals surface area (Å²) in [4.78, 5) is 3.96. The van der Waals surface area contributed by atoms with Gasteiger partial charge in [-0.05, 0) is 77.7 Å². The number of phenolic OH excluding ortho intramolecular Hbond substituents is 1. The number of allylic oxidation sites excluding steroid dienone is 3. The third kappa shape index (κ3) is 5.76. The van der Waals surface area contributed by atoms with Crippen molar-refractivity contribution in [1.29, 1.82) is 0 Å². The number of phenols is 1. The fraction of sp³-hybridized carbons (Fsp3) is 0.118. The number of halogens is 1. The van der Waals surface area contributed by atoms with Crippen molar-refractivity contribution in [2.75, 3.05) is 19.1 Å². The average Bonchev–Trinajstić information content (AvgIpc) is 2.96. The highest BCUT2D eigenvalue weighted by Crippen LogP contribution is 2.44. The maximum absolute atomic E-state index is 10.3. The maximum atomic E-state index is 10.3. The fourth-order valence-electron chi connectivity index (χ4n) is 4.78. The standard InChI is InChI=1S/C34H30ClNO3S/c1-22-13-14-25(34-30(38-3)11-8-12-31(34)39-4)18-32(22)40-23(2)17-26-19-33(35)36(21-24-9-6-5-7-10-24)29-16-15-27(37)20-28(26)29/h5-20,37H,2,21H2,1,3-4H3. The Bertz CT molecular complexity index is 1610. The summed E-state index contributed by atoms with van der Waals surface area (Å²) in [6.07, 6.45) is 3.95. The molecular formula is C34H30ClNO3S. The van der Waals surface area contributed by atoms with Gasteiger partial charge in [-0.1, -0.05) is 78.5 Å². The zero-order valence-electron chi connectivity index (χ0n) is 22.6. The van der Waals surface area contributed by atoms with Crippen LogP contribution in [-0.4, -0.2) is 19.3 Å². The molecule has 4 nitrogen and oxygen atoms in total. The number of ether oxygens (including phenoxy) is 2. The van der Waals surface area contributed by atoms with Gasteiger partial charge in [-0.15, -0.1) is 0 Å². The Hall–Kier alpha value is -4.06. The highest BCUT2D eigenvalue weighted by atomic mass is 35.5. The van der Waals surface area contributed by atoms with Crippen LogP contribution in [-0.2, 0) is 6.54 Å². The van der Waals surface area contributed by atoms with Crippen LogP contribution in [0, 0.1) is 6.92 Å². The van der Waals surface area contributed by atoms with Crippen LogP contribution in [0.15, 0.2) is 119 Å². The Kier molecular flexibility index (Phi) is 8.24. The Morgan fingerprint density at radius 2 is 1.68 bits per heavy atom. The van der Waals surface area contributed by atoms with Gasteiger partial charge >= 0.3 is 0 Å². The van der Waals surface area contributed by atoms with Crippen molar-refractivity contribution in [2.24, 2.45) is 0 Å². The number of rotatable bonds is 8. The van der Waals surface area contributed by atoms with Crippen LogP contribution in [0.3, 0.4) is 0 Å². The van der Waals surface area contributed by atoms with E-state index in [-0.39, 0.29) is 5.75 Å². The quantitative estimate of drug-likeness (QED) is 0.170. The lowest BCUT2D eigenvalue weighted by Gasteiger charge is -2.31. The van der Waals surface area contributed by atoms with Gasteiger partial charge in [-0.2, -0.15) is 0 Å². The lowest BCUT2D eigenvalue weighted by atomic mass is 9.98. The summed E-state index contributed by atoms with van der Waals surface area (Å²) in [6, 6.07) is 27.6. The fourth-order valence-corrected chi connectivity index (χ4v) is 5.93. The first kappa shape index (κ1) is 27.5. The maximum Gasteiger partial charge on any atom is 0.130 e. The van der Waals surface area contributed by atoms with Crippen molar-refractivity contribution in [2.45, 2.75) is 18.4 Å². The molecule has 0 spiro atoms. The van der Waals surface area contributed by atoms with Crippen molar-refractivity contribution in [3.8, 4) is 28.4 Å². The second kappa shape index (κ2) is 12.0. The monoisotopic (exact) mass is 567 g/mol. The number of aromatic hydroxyl groups is 1. The first-order valence-electron chi connectivity index (χ1n) is 12.8. The van der Waals surface area contributed by atoms with Crippen LogP contribution in [0.4, 0.5) is 5.69 Å². The highest BCUT2D eigenvalue weighted by Gasteiger charge is 2.23. The highest BCUT2D eigenvalue weighted by molar-refractivity contribution is 8.03. The number of anilines is 1. The number of thioether (sulfide) groups is 1. The van der Waals surface area contributed by atoms with E-state index in [1.54, 1.807) is 38.1 Å². The molecule has 0 saturated carbocycles. The second-order valence-electron chi connectivity index (χ2n) is 9.43. The summed E-state index contributed by atoms with van der Waals surface area (Å²) in [7, 11) is 3.32.